The van der Waals surface area contributed by atoms with E-state index in [1.807, 2.05) is 6.20 Å². The number of rotatable bonds is 4. The van der Waals surface area contributed by atoms with E-state index >= 15 is 0 Å². The number of aromatic nitrogens is 1. The molecule has 0 radical (unpaired) electrons. The molecule has 5 rings (SSSR count). The van der Waals surface area contributed by atoms with E-state index in [0.717, 1.165) is 41.7 Å². The molecule has 4 saturated carbocycles. The lowest BCUT2D eigenvalue weighted by Gasteiger charge is -2.56. The fourth-order valence-electron chi connectivity index (χ4n) is 5.51. The Kier molecular flexibility index (Phi) is 2.91. The zero-order chi connectivity index (χ0) is 12.8. The van der Waals surface area contributed by atoms with Gasteiger partial charge in [-0.2, -0.15) is 0 Å². The van der Waals surface area contributed by atoms with Crippen LogP contribution in [0.2, 0.25) is 0 Å². The van der Waals surface area contributed by atoms with Gasteiger partial charge in [0, 0.05) is 18.2 Å². The van der Waals surface area contributed by atoms with E-state index in [-0.39, 0.29) is 0 Å². The van der Waals surface area contributed by atoms with Crippen LogP contribution in [0.1, 0.15) is 44.6 Å². The normalized spacial score (nSPS) is 41.6. The zero-order valence-corrected chi connectivity index (χ0v) is 11.7. The van der Waals surface area contributed by atoms with Crippen molar-refractivity contribution >= 4 is 0 Å². The summed E-state index contributed by atoms with van der Waals surface area (Å²) in [6.45, 7) is 3.29. The van der Waals surface area contributed by atoms with Gasteiger partial charge < -0.3 is 9.84 Å². The Morgan fingerprint density at radius 2 is 1.89 bits per heavy atom. The van der Waals surface area contributed by atoms with Crippen LogP contribution in [0.25, 0.3) is 0 Å². The molecule has 4 bridgehead atoms. The maximum Gasteiger partial charge on any atom is 0.128 e. The van der Waals surface area contributed by atoms with Crippen molar-refractivity contribution in [3.8, 4) is 0 Å². The van der Waals surface area contributed by atoms with Gasteiger partial charge in [-0.05, 0) is 68.6 Å². The predicted octanol–water partition coefficient (Wildman–Crippen LogP) is 3.23. The van der Waals surface area contributed by atoms with Crippen LogP contribution in [0, 0.1) is 29.6 Å². The maximum absolute atomic E-state index is 4.90. The molecule has 3 heteroatoms. The Morgan fingerprint density at radius 1 is 1.21 bits per heavy atom. The SMILES string of the molecule is CC(NCc1cnoc1)C1C2CC3CC(C2)CC1C3. The largest absolute Gasteiger partial charge is 0.364 e. The first kappa shape index (κ1) is 12.0. The zero-order valence-electron chi connectivity index (χ0n) is 11.7. The van der Waals surface area contributed by atoms with Crippen molar-refractivity contribution in [3.05, 3.63) is 18.0 Å². The highest BCUT2D eigenvalue weighted by Gasteiger charge is 2.49. The molecule has 4 aliphatic rings. The van der Waals surface area contributed by atoms with Crippen LogP contribution in [-0.2, 0) is 6.54 Å². The summed E-state index contributed by atoms with van der Waals surface area (Å²) < 4.78 is 4.90. The van der Waals surface area contributed by atoms with Gasteiger partial charge in [0.1, 0.15) is 6.26 Å². The average molecular weight is 260 g/mol. The van der Waals surface area contributed by atoms with Gasteiger partial charge in [0.2, 0.25) is 0 Å². The highest BCUT2D eigenvalue weighted by molar-refractivity contribution is 5.03. The van der Waals surface area contributed by atoms with E-state index in [2.05, 4.69) is 17.4 Å². The van der Waals surface area contributed by atoms with Crippen LogP contribution >= 0.6 is 0 Å². The second-order valence-corrected chi connectivity index (χ2v) is 7.21. The van der Waals surface area contributed by atoms with Crippen molar-refractivity contribution in [2.24, 2.45) is 29.6 Å². The number of hydrogen-bond acceptors (Lipinski definition) is 3. The number of nitrogens with one attached hydrogen (secondary N) is 1. The first-order valence-electron chi connectivity index (χ1n) is 7.91. The first-order valence-corrected chi connectivity index (χ1v) is 7.91. The molecule has 104 valence electrons. The molecule has 0 aromatic carbocycles. The smallest absolute Gasteiger partial charge is 0.128 e. The van der Waals surface area contributed by atoms with Gasteiger partial charge in [-0.25, -0.2) is 0 Å². The third-order valence-electron chi connectivity index (χ3n) is 5.99. The number of nitrogens with zero attached hydrogens (tertiary/aromatic N) is 1. The quantitative estimate of drug-likeness (QED) is 0.903. The lowest BCUT2D eigenvalue weighted by molar-refractivity contribution is -0.0494. The van der Waals surface area contributed by atoms with E-state index in [1.54, 1.807) is 12.7 Å². The van der Waals surface area contributed by atoms with Crippen LogP contribution in [0.3, 0.4) is 0 Å². The molecular formula is C16H24N2O. The summed E-state index contributed by atoms with van der Waals surface area (Å²) in [7, 11) is 0. The van der Waals surface area contributed by atoms with Crippen LogP contribution in [0.15, 0.2) is 17.0 Å². The van der Waals surface area contributed by atoms with Gasteiger partial charge in [-0.15, -0.1) is 0 Å². The van der Waals surface area contributed by atoms with Crippen molar-refractivity contribution < 1.29 is 4.52 Å². The van der Waals surface area contributed by atoms with Gasteiger partial charge in [-0.3, -0.25) is 0 Å². The molecule has 0 aliphatic heterocycles. The Bertz CT molecular complexity index is 400. The molecule has 1 unspecified atom stereocenters. The van der Waals surface area contributed by atoms with Crippen LogP contribution < -0.4 is 5.32 Å². The predicted molar refractivity (Wildman–Crippen MR) is 73.3 cm³/mol. The van der Waals surface area contributed by atoms with Gasteiger partial charge in [0.05, 0.1) is 6.20 Å². The summed E-state index contributed by atoms with van der Waals surface area (Å²) in [5.41, 5.74) is 1.16. The molecule has 19 heavy (non-hydrogen) atoms. The van der Waals surface area contributed by atoms with Crippen molar-refractivity contribution in [1.82, 2.24) is 10.5 Å². The third-order valence-corrected chi connectivity index (χ3v) is 5.99. The molecule has 1 heterocycles. The van der Waals surface area contributed by atoms with E-state index in [4.69, 9.17) is 4.52 Å². The summed E-state index contributed by atoms with van der Waals surface area (Å²) in [6, 6.07) is 0.630. The minimum Gasteiger partial charge on any atom is -0.364 e. The van der Waals surface area contributed by atoms with Crippen LogP contribution in [0.5, 0.6) is 0 Å². The van der Waals surface area contributed by atoms with Crippen molar-refractivity contribution in [3.63, 3.8) is 0 Å². The molecule has 0 amide bonds. The van der Waals surface area contributed by atoms with Crippen molar-refractivity contribution in [2.45, 2.75) is 51.6 Å². The molecule has 4 aliphatic carbocycles. The summed E-state index contributed by atoms with van der Waals surface area (Å²) in [6.07, 6.45) is 11.2. The standard InChI is InChI=1S/C16H24N2O/c1-10(17-7-13-8-18-19-9-13)16-14-3-11-2-12(5-14)6-15(16)4-11/h8-12,14-17H,2-7H2,1H3. The minimum atomic E-state index is 0.630. The average Bonchev–Trinajstić information content (AvgIpc) is 2.88. The molecular weight excluding hydrogens is 236 g/mol. The number of hydrogen-bond donors (Lipinski definition) is 1. The molecule has 3 nitrogen and oxygen atoms in total. The van der Waals surface area contributed by atoms with Crippen molar-refractivity contribution in [2.75, 3.05) is 0 Å². The van der Waals surface area contributed by atoms with E-state index < -0.39 is 0 Å². The molecule has 1 aromatic rings. The molecule has 1 aromatic heterocycles. The Labute approximate surface area is 115 Å². The van der Waals surface area contributed by atoms with Crippen LogP contribution in [0.4, 0.5) is 0 Å². The summed E-state index contributed by atoms with van der Waals surface area (Å²) in [5, 5.41) is 7.48. The Balaban J connectivity index is 1.41. The Hall–Kier alpha value is -0.830. The van der Waals surface area contributed by atoms with E-state index in [0.29, 0.717) is 6.04 Å². The molecule has 0 saturated heterocycles. The first-order chi connectivity index (χ1) is 9.29. The van der Waals surface area contributed by atoms with Gasteiger partial charge in [0.15, 0.2) is 0 Å². The van der Waals surface area contributed by atoms with Gasteiger partial charge in [0.25, 0.3) is 0 Å². The second-order valence-electron chi connectivity index (χ2n) is 7.21. The topological polar surface area (TPSA) is 38.1 Å². The van der Waals surface area contributed by atoms with E-state index in [9.17, 15) is 0 Å². The summed E-state index contributed by atoms with van der Waals surface area (Å²) in [5.74, 6) is 5.06. The molecule has 1 N–H and O–H groups in total. The molecule has 0 spiro atoms. The highest BCUT2D eigenvalue weighted by atomic mass is 16.5. The lowest BCUT2D eigenvalue weighted by Crippen LogP contribution is -2.51. The lowest BCUT2D eigenvalue weighted by atomic mass is 9.50. The van der Waals surface area contributed by atoms with Gasteiger partial charge >= 0.3 is 0 Å². The summed E-state index contributed by atoms with van der Waals surface area (Å²) in [4.78, 5) is 0. The molecule has 4 fully saturated rings. The fraction of sp³-hybridized carbons (Fsp3) is 0.812. The monoisotopic (exact) mass is 260 g/mol. The summed E-state index contributed by atoms with van der Waals surface area (Å²) >= 11 is 0. The van der Waals surface area contributed by atoms with E-state index in [1.165, 1.54) is 25.7 Å². The molecule has 1 atom stereocenters. The highest BCUT2D eigenvalue weighted by Crippen LogP contribution is 2.57. The van der Waals surface area contributed by atoms with Gasteiger partial charge in [-0.1, -0.05) is 5.16 Å². The van der Waals surface area contributed by atoms with Crippen LogP contribution in [-0.4, -0.2) is 11.2 Å². The maximum atomic E-state index is 4.90. The fourth-order valence-corrected chi connectivity index (χ4v) is 5.51. The third kappa shape index (κ3) is 2.12. The Morgan fingerprint density at radius 3 is 2.47 bits per heavy atom. The van der Waals surface area contributed by atoms with Crippen molar-refractivity contribution in [1.29, 1.82) is 0 Å². The minimum absolute atomic E-state index is 0.630. The second kappa shape index (κ2) is 4.62.